The Kier molecular flexibility index (Phi) is 3.10. The van der Waals surface area contributed by atoms with Crippen LogP contribution < -0.4 is 5.32 Å². The Hall–Kier alpha value is -0.590. The van der Waals surface area contributed by atoms with Gasteiger partial charge in [-0.3, -0.25) is 4.90 Å². The summed E-state index contributed by atoms with van der Waals surface area (Å²) in [6.07, 6.45) is 0. The molecule has 1 aromatic rings. The first kappa shape index (κ1) is 11.5. The second-order valence-electron chi connectivity index (χ2n) is 4.46. The van der Waals surface area contributed by atoms with Crippen LogP contribution in [0.1, 0.15) is 4.88 Å². The summed E-state index contributed by atoms with van der Waals surface area (Å²) in [4.78, 5) is 17.2. The molecular formula is C11H14BrN3OS. The lowest BCUT2D eigenvalue weighted by Crippen LogP contribution is -2.51. The molecule has 4 nitrogen and oxygen atoms in total. The zero-order valence-electron chi connectivity index (χ0n) is 9.36. The Morgan fingerprint density at radius 3 is 3.18 bits per heavy atom. The Morgan fingerprint density at radius 2 is 2.41 bits per heavy atom. The molecule has 2 saturated heterocycles. The first-order valence-corrected chi connectivity index (χ1v) is 7.40. The average molecular weight is 316 g/mol. The number of amides is 2. The summed E-state index contributed by atoms with van der Waals surface area (Å²) in [5, 5.41) is 5.01. The molecule has 0 aromatic carbocycles. The van der Waals surface area contributed by atoms with Crippen LogP contribution in [0.25, 0.3) is 0 Å². The zero-order valence-corrected chi connectivity index (χ0v) is 11.8. The van der Waals surface area contributed by atoms with E-state index >= 15 is 0 Å². The van der Waals surface area contributed by atoms with Crippen molar-refractivity contribution >= 4 is 33.3 Å². The quantitative estimate of drug-likeness (QED) is 0.902. The van der Waals surface area contributed by atoms with Crippen molar-refractivity contribution in [3.05, 3.63) is 20.8 Å². The van der Waals surface area contributed by atoms with E-state index in [1.165, 1.54) is 9.35 Å². The van der Waals surface area contributed by atoms with E-state index < -0.39 is 0 Å². The Bertz CT molecular complexity index is 436. The van der Waals surface area contributed by atoms with Gasteiger partial charge in [-0.25, -0.2) is 4.79 Å². The smallest absolute Gasteiger partial charge is 0.317 e. The maximum absolute atomic E-state index is 11.5. The predicted molar refractivity (Wildman–Crippen MR) is 71.2 cm³/mol. The molecule has 6 heteroatoms. The fourth-order valence-corrected chi connectivity index (χ4v) is 3.97. The number of hydrogen-bond donors (Lipinski definition) is 1. The number of nitrogens with zero attached hydrogens (tertiary/aromatic N) is 2. The minimum Gasteiger partial charge on any atom is -0.336 e. The maximum Gasteiger partial charge on any atom is 0.317 e. The third-order valence-electron chi connectivity index (χ3n) is 3.37. The summed E-state index contributed by atoms with van der Waals surface area (Å²) in [6.45, 7) is 4.56. The minimum atomic E-state index is 0.104. The first-order chi connectivity index (χ1) is 8.24. The van der Waals surface area contributed by atoms with Gasteiger partial charge in [-0.1, -0.05) is 0 Å². The van der Waals surface area contributed by atoms with Crippen LogP contribution in [0.2, 0.25) is 0 Å². The van der Waals surface area contributed by atoms with Crippen molar-refractivity contribution in [1.82, 2.24) is 15.1 Å². The number of thiophene rings is 1. The van der Waals surface area contributed by atoms with Gasteiger partial charge in [0.2, 0.25) is 0 Å². The highest BCUT2D eigenvalue weighted by Crippen LogP contribution is 2.25. The largest absolute Gasteiger partial charge is 0.336 e. The number of rotatable bonds is 2. The normalized spacial score (nSPS) is 24.9. The van der Waals surface area contributed by atoms with Gasteiger partial charge in [0.15, 0.2) is 0 Å². The summed E-state index contributed by atoms with van der Waals surface area (Å²) in [5.41, 5.74) is 0. The number of urea groups is 1. The molecule has 0 bridgehead atoms. The van der Waals surface area contributed by atoms with E-state index in [0.717, 1.165) is 32.7 Å². The van der Waals surface area contributed by atoms with Crippen molar-refractivity contribution in [3.8, 4) is 0 Å². The van der Waals surface area contributed by atoms with Gasteiger partial charge in [0.05, 0.1) is 6.04 Å². The van der Waals surface area contributed by atoms with Crippen LogP contribution in [-0.2, 0) is 6.54 Å². The van der Waals surface area contributed by atoms with E-state index in [0.29, 0.717) is 6.04 Å². The number of piperazine rings is 1. The van der Waals surface area contributed by atoms with E-state index in [-0.39, 0.29) is 6.03 Å². The van der Waals surface area contributed by atoms with E-state index in [9.17, 15) is 4.79 Å². The molecule has 2 amide bonds. The molecule has 0 aliphatic carbocycles. The lowest BCUT2D eigenvalue weighted by molar-refractivity contribution is 0.117. The maximum atomic E-state index is 11.5. The van der Waals surface area contributed by atoms with Gasteiger partial charge in [0, 0.05) is 42.1 Å². The fourth-order valence-electron chi connectivity index (χ4n) is 2.45. The lowest BCUT2D eigenvalue weighted by atomic mass is 10.2. The summed E-state index contributed by atoms with van der Waals surface area (Å²) in [5.74, 6) is 0. The molecule has 0 radical (unpaired) electrons. The molecule has 1 N–H and O–H groups in total. The van der Waals surface area contributed by atoms with Gasteiger partial charge in [0.1, 0.15) is 0 Å². The summed E-state index contributed by atoms with van der Waals surface area (Å²) in [7, 11) is 0. The van der Waals surface area contributed by atoms with Gasteiger partial charge in [0.25, 0.3) is 0 Å². The predicted octanol–water partition coefficient (Wildman–Crippen LogP) is 1.72. The van der Waals surface area contributed by atoms with Crippen LogP contribution in [0.15, 0.2) is 15.9 Å². The molecule has 3 heterocycles. The highest BCUT2D eigenvalue weighted by molar-refractivity contribution is 9.10. The van der Waals surface area contributed by atoms with Crippen molar-refractivity contribution in [3.63, 3.8) is 0 Å². The van der Waals surface area contributed by atoms with Crippen LogP contribution in [0, 0.1) is 0 Å². The Balaban J connectivity index is 1.64. The van der Waals surface area contributed by atoms with E-state index in [4.69, 9.17) is 0 Å². The molecule has 92 valence electrons. The molecule has 2 aliphatic rings. The van der Waals surface area contributed by atoms with Crippen molar-refractivity contribution in [2.45, 2.75) is 12.6 Å². The van der Waals surface area contributed by atoms with Crippen LogP contribution in [0.4, 0.5) is 4.79 Å². The third-order valence-corrected chi connectivity index (χ3v) is 5.29. The summed E-state index contributed by atoms with van der Waals surface area (Å²) >= 11 is 5.35. The topological polar surface area (TPSA) is 35.6 Å². The molecule has 3 rings (SSSR count). The van der Waals surface area contributed by atoms with E-state index in [1.54, 1.807) is 11.3 Å². The van der Waals surface area contributed by atoms with Gasteiger partial charge in [-0.15, -0.1) is 11.3 Å². The zero-order chi connectivity index (χ0) is 11.8. The molecule has 0 spiro atoms. The number of nitrogens with one attached hydrogen (secondary N) is 1. The van der Waals surface area contributed by atoms with Crippen molar-refractivity contribution in [2.24, 2.45) is 0 Å². The Labute approximate surface area is 113 Å². The van der Waals surface area contributed by atoms with Crippen LogP contribution in [0.3, 0.4) is 0 Å². The average Bonchev–Trinajstić information content (AvgIpc) is 2.87. The first-order valence-electron chi connectivity index (χ1n) is 5.73. The van der Waals surface area contributed by atoms with Crippen molar-refractivity contribution in [1.29, 1.82) is 0 Å². The van der Waals surface area contributed by atoms with Gasteiger partial charge < -0.3 is 10.2 Å². The third kappa shape index (κ3) is 2.21. The van der Waals surface area contributed by atoms with E-state index in [1.807, 2.05) is 4.90 Å². The Morgan fingerprint density at radius 1 is 1.53 bits per heavy atom. The van der Waals surface area contributed by atoms with Crippen LogP contribution >= 0.6 is 27.3 Å². The number of halogens is 1. The van der Waals surface area contributed by atoms with Crippen molar-refractivity contribution in [2.75, 3.05) is 26.2 Å². The molecule has 0 saturated carbocycles. The molecule has 1 unspecified atom stereocenters. The SMILES string of the molecule is O=C1NCC2CN(Cc3sccc3Br)CCN12. The molecule has 2 fully saturated rings. The van der Waals surface area contributed by atoms with Crippen LogP contribution in [-0.4, -0.2) is 48.1 Å². The van der Waals surface area contributed by atoms with Crippen molar-refractivity contribution < 1.29 is 4.79 Å². The highest BCUT2D eigenvalue weighted by atomic mass is 79.9. The fraction of sp³-hybridized carbons (Fsp3) is 0.545. The monoisotopic (exact) mass is 315 g/mol. The van der Waals surface area contributed by atoms with Gasteiger partial charge >= 0.3 is 6.03 Å². The standard InChI is InChI=1S/C11H14BrN3OS/c12-9-1-4-17-10(9)7-14-2-3-15-8(6-14)5-13-11(15)16/h1,4,8H,2-3,5-7H2,(H,13,16). The highest BCUT2D eigenvalue weighted by Gasteiger charge is 2.35. The second-order valence-corrected chi connectivity index (χ2v) is 6.32. The summed E-state index contributed by atoms with van der Waals surface area (Å²) < 4.78 is 1.20. The molecule has 1 aromatic heterocycles. The van der Waals surface area contributed by atoms with Gasteiger partial charge in [-0.05, 0) is 27.4 Å². The van der Waals surface area contributed by atoms with E-state index in [2.05, 4.69) is 37.6 Å². The number of carbonyl (C=O) groups is 1. The number of fused-ring (bicyclic) bond motifs is 1. The minimum absolute atomic E-state index is 0.104. The molecule has 2 aliphatic heterocycles. The number of hydrogen-bond acceptors (Lipinski definition) is 3. The summed E-state index contributed by atoms with van der Waals surface area (Å²) in [6, 6.07) is 2.55. The molecule has 17 heavy (non-hydrogen) atoms. The van der Waals surface area contributed by atoms with Crippen LogP contribution in [0.5, 0.6) is 0 Å². The molecule has 1 atom stereocenters. The second kappa shape index (κ2) is 4.59. The number of carbonyl (C=O) groups excluding carboxylic acids is 1. The lowest BCUT2D eigenvalue weighted by Gasteiger charge is -2.36. The van der Waals surface area contributed by atoms with Gasteiger partial charge in [-0.2, -0.15) is 0 Å². The molecular weight excluding hydrogens is 302 g/mol.